The van der Waals surface area contributed by atoms with Crippen LogP contribution in [-0.2, 0) is 27.4 Å². The summed E-state index contributed by atoms with van der Waals surface area (Å²) in [6.07, 6.45) is 0. The molecule has 0 spiro atoms. The molecule has 0 saturated heterocycles. The molecular formula is C20H22N2O3S2. The summed E-state index contributed by atoms with van der Waals surface area (Å²) in [6.45, 7) is 4.25. The lowest BCUT2D eigenvalue weighted by Gasteiger charge is -2.04. The van der Waals surface area contributed by atoms with Gasteiger partial charge in [0.2, 0.25) is 0 Å². The lowest BCUT2D eigenvalue weighted by Crippen LogP contribution is -2.20. The van der Waals surface area contributed by atoms with Crippen molar-refractivity contribution in [3.05, 3.63) is 64.5 Å². The van der Waals surface area contributed by atoms with Crippen LogP contribution in [0.5, 0.6) is 0 Å². The van der Waals surface area contributed by atoms with Gasteiger partial charge in [0, 0.05) is 7.05 Å². The summed E-state index contributed by atoms with van der Waals surface area (Å²) in [5.41, 5.74) is 2.86. The number of carbonyl (C=O) groups is 1. The van der Waals surface area contributed by atoms with Crippen LogP contribution in [0.25, 0.3) is 10.2 Å². The molecule has 0 fully saturated rings. The molecule has 0 bridgehead atoms. The van der Waals surface area contributed by atoms with E-state index in [-0.39, 0.29) is 5.75 Å². The van der Waals surface area contributed by atoms with E-state index in [9.17, 15) is 13.2 Å². The summed E-state index contributed by atoms with van der Waals surface area (Å²) in [5.74, 6) is -0.984. The number of thiazole rings is 1. The van der Waals surface area contributed by atoms with E-state index in [1.165, 1.54) is 16.9 Å². The molecule has 1 heterocycles. The Balaban J connectivity index is 1.85. The number of sulfone groups is 1. The molecule has 27 heavy (non-hydrogen) atoms. The summed E-state index contributed by atoms with van der Waals surface area (Å²) in [5, 5.41) is 0. The van der Waals surface area contributed by atoms with E-state index in [4.69, 9.17) is 0 Å². The number of carbonyl (C=O) groups excluding carboxylic acids is 1. The lowest BCUT2D eigenvalue weighted by atomic mass is 10.0. The van der Waals surface area contributed by atoms with Crippen molar-refractivity contribution in [2.24, 2.45) is 12.0 Å². The van der Waals surface area contributed by atoms with Crippen LogP contribution in [0.3, 0.4) is 0 Å². The quantitative estimate of drug-likeness (QED) is 0.657. The molecule has 0 aliphatic heterocycles. The second-order valence-corrected chi connectivity index (χ2v) is 9.92. The monoisotopic (exact) mass is 402 g/mol. The number of hydrogen-bond acceptors (Lipinski definition) is 4. The number of nitrogens with zero attached hydrogens (tertiary/aromatic N) is 2. The molecule has 0 aliphatic rings. The van der Waals surface area contributed by atoms with Crippen LogP contribution in [0.15, 0.2) is 53.5 Å². The summed E-state index contributed by atoms with van der Waals surface area (Å²) < 4.78 is 27.4. The third-order valence-electron chi connectivity index (χ3n) is 4.29. The van der Waals surface area contributed by atoms with Gasteiger partial charge in [0.15, 0.2) is 14.6 Å². The van der Waals surface area contributed by atoms with E-state index in [1.54, 1.807) is 24.3 Å². The summed E-state index contributed by atoms with van der Waals surface area (Å²) in [4.78, 5) is 16.8. The van der Waals surface area contributed by atoms with Gasteiger partial charge in [-0.05, 0) is 29.2 Å². The molecule has 0 atom stereocenters. The van der Waals surface area contributed by atoms with Crippen LogP contribution in [0.2, 0.25) is 0 Å². The molecule has 1 aromatic heterocycles. The smallest absolute Gasteiger partial charge is 0.263 e. The zero-order valence-corrected chi connectivity index (χ0v) is 17.2. The van der Waals surface area contributed by atoms with Gasteiger partial charge in [-0.3, -0.25) is 4.79 Å². The molecule has 0 aliphatic carbocycles. The van der Waals surface area contributed by atoms with Gasteiger partial charge in [0.05, 0.1) is 16.0 Å². The van der Waals surface area contributed by atoms with E-state index in [1.807, 2.05) is 23.7 Å². The molecule has 5 nitrogen and oxygen atoms in total. The minimum Gasteiger partial charge on any atom is -0.319 e. The highest BCUT2D eigenvalue weighted by atomic mass is 32.2. The average Bonchev–Trinajstić information content (AvgIpc) is 2.89. The third-order valence-corrected chi connectivity index (χ3v) is 6.85. The second-order valence-electron chi connectivity index (χ2n) is 6.85. The van der Waals surface area contributed by atoms with Crippen LogP contribution >= 0.6 is 11.3 Å². The number of hydrogen-bond donors (Lipinski definition) is 0. The first-order chi connectivity index (χ1) is 12.7. The fraction of sp³-hybridized carbons (Fsp3) is 0.300. The SMILES string of the molecule is CC(C)c1ccc2c(c1)sc(=NC(=O)CS(=O)(=O)Cc1ccccc1)n2C. The molecule has 0 unspecified atom stereocenters. The van der Waals surface area contributed by atoms with E-state index in [0.717, 1.165) is 10.2 Å². The maximum atomic E-state index is 12.3. The van der Waals surface area contributed by atoms with Crippen molar-refractivity contribution in [2.75, 3.05) is 5.75 Å². The Hall–Kier alpha value is -2.25. The van der Waals surface area contributed by atoms with Gasteiger partial charge in [0.25, 0.3) is 5.91 Å². The highest BCUT2D eigenvalue weighted by molar-refractivity contribution is 7.91. The number of aromatic nitrogens is 1. The van der Waals surface area contributed by atoms with Crippen LogP contribution in [0.4, 0.5) is 0 Å². The van der Waals surface area contributed by atoms with Crippen molar-refractivity contribution >= 4 is 37.3 Å². The summed E-state index contributed by atoms with van der Waals surface area (Å²) in [6, 6.07) is 15.0. The number of benzene rings is 2. The first-order valence-electron chi connectivity index (χ1n) is 8.66. The van der Waals surface area contributed by atoms with Crippen LogP contribution in [-0.4, -0.2) is 24.6 Å². The van der Waals surface area contributed by atoms with Gasteiger partial charge in [-0.2, -0.15) is 4.99 Å². The Kier molecular flexibility index (Phi) is 5.62. The Morgan fingerprint density at radius 1 is 1.15 bits per heavy atom. The average molecular weight is 403 g/mol. The van der Waals surface area contributed by atoms with Crippen LogP contribution in [0, 0.1) is 0 Å². The van der Waals surface area contributed by atoms with Crippen LogP contribution in [0.1, 0.15) is 30.9 Å². The third kappa shape index (κ3) is 4.73. The van der Waals surface area contributed by atoms with Crippen molar-refractivity contribution in [3.8, 4) is 0 Å². The molecule has 0 N–H and O–H groups in total. The highest BCUT2D eigenvalue weighted by Gasteiger charge is 2.17. The molecule has 2 aromatic carbocycles. The van der Waals surface area contributed by atoms with E-state index < -0.39 is 21.5 Å². The normalized spacial score (nSPS) is 12.8. The van der Waals surface area contributed by atoms with E-state index >= 15 is 0 Å². The van der Waals surface area contributed by atoms with Gasteiger partial charge in [-0.1, -0.05) is 61.6 Å². The molecule has 142 valence electrons. The van der Waals surface area contributed by atoms with Gasteiger partial charge in [0.1, 0.15) is 5.75 Å². The Morgan fingerprint density at radius 3 is 2.52 bits per heavy atom. The van der Waals surface area contributed by atoms with Gasteiger partial charge >= 0.3 is 0 Å². The first-order valence-corrected chi connectivity index (χ1v) is 11.3. The van der Waals surface area contributed by atoms with E-state index in [0.29, 0.717) is 16.3 Å². The molecule has 1 amide bonds. The van der Waals surface area contributed by atoms with Crippen molar-refractivity contribution in [1.82, 2.24) is 4.57 Å². The predicted molar refractivity (Wildman–Crippen MR) is 109 cm³/mol. The van der Waals surface area contributed by atoms with Crippen molar-refractivity contribution in [1.29, 1.82) is 0 Å². The molecule has 0 saturated carbocycles. The minimum atomic E-state index is -3.56. The topological polar surface area (TPSA) is 68.5 Å². The maximum Gasteiger partial charge on any atom is 0.263 e. The standard InChI is InChI=1S/C20H22N2O3S2/c1-14(2)16-9-10-17-18(11-16)26-20(22(17)3)21-19(23)13-27(24,25)12-15-7-5-4-6-8-15/h4-11,14H,12-13H2,1-3H3. The molecule has 3 rings (SSSR count). The predicted octanol–water partition coefficient (Wildman–Crippen LogP) is 3.41. The number of rotatable bonds is 5. The zero-order valence-electron chi connectivity index (χ0n) is 15.5. The fourth-order valence-electron chi connectivity index (χ4n) is 2.82. The summed E-state index contributed by atoms with van der Waals surface area (Å²) >= 11 is 1.39. The van der Waals surface area contributed by atoms with Gasteiger partial charge in [-0.15, -0.1) is 0 Å². The Labute approximate surface area is 162 Å². The maximum absolute atomic E-state index is 12.3. The number of aryl methyl sites for hydroxylation is 1. The van der Waals surface area contributed by atoms with Crippen molar-refractivity contribution in [3.63, 3.8) is 0 Å². The second kappa shape index (κ2) is 7.78. The summed E-state index contributed by atoms with van der Waals surface area (Å²) in [7, 11) is -1.73. The van der Waals surface area contributed by atoms with Crippen molar-refractivity contribution < 1.29 is 13.2 Å². The van der Waals surface area contributed by atoms with Gasteiger partial charge < -0.3 is 4.57 Å². The highest BCUT2D eigenvalue weighted by Crippen LogP contribution is 2.23. The van der Waals surface area contributed by atoms with Gasteiger partial charge in [-0.25, -0.2) is 8.42 Å². The number of amides is 1. The zero-order chi connectivity index (χ0) is 19.6. The Morgan fingerprint density at radius 2 is 1.85 bits per heavy atom. The molecule has 7 heteroatoms. The molecule has 3 aromatic rings. The molecular weight excluding hydrogens is 380 g/mol. The largest absolute Gasteiger partial charge is 0.319 e. The fourth-order valence-corrected chi connectivity index (χ4v) is 5.15. The first kappa shape index (κ1) is 19.5. The number of fused-ring (bicyclic) bond motifs is 1. The van der Waals surface area contributed by atoms with Crippen LogP contribution < -0.4 is 4.80 Å². The Bertz CT molecular complexity index is 1140. The lowest BCUT2D eigenvalue weighted by molar-refractivity contribution is -0.115. The minimum absolute atomic E-state index is 0.161. The van der Waals surface area contributed by atoms with E-state index in [2.05, 4.69) is 31.0 Å². The molecule has 0 radical (unpaired) electrons. The van der Waals surface area contributed by atoms with Crippen molar-refractivity contribution in [2.45, 2.75) is 25.5 Å².